The van der Waals surface area contributed by atoms with E-state index in [0.717, 1.165) is 24.8 Å². The van der Waals surface area contributed by atoms with Gasteiger partial charge in [-0.15, -0.1) is 11.6 Å². The van der Waals surface area contributed by atoms with Gasteiger partial charge in [-0.3, -0.25) is 4.79 Å². The largest absolute Gasteiger partial charge is 0.481 e. The molecule has 1 aromatic rings. The number of hydrogen-bond donors (Lipinski definition) is 1. The summed E-state index contributed by atoms with van der Waals surface area (Å²) in [4.78, 5) is 12.3. The molecule has 0 fully saturated rings. The fraction of sp³-hybridized carbons (Fsp3) is 0.500. The average Bonchev–Trinajstić information content (AvgIpc) is 2.53. The molecular weight excluding hydrogens is 284 g/mol. The van der Waals surface area contributed by atoms with E-state index in [0.29, 0.717) is 12.3 Å². The summed E-state index contributed by atoms with van der Waals surface area (Å²) < 4.78 is 0. The predicted octanol–water partition coefficient (Wildman–Crippen LogP) is 4.85. The highest BCUT2D eigenvalue weighted by Gasteiger charge is 2.51. The molecule has 0 heterocycles. The van der Waals surface area contributed by atoms with Crippen molar-refractivity contribution < 1.29 is 9.90 Å². The third kappa shape index (κ3) is 3.01. The van der Waals surface area contributed by atoms with Crippen LogP contribution in [0.1, 0.15) is 44.1 Å². The molecule has 0 spiro atoms. The molecule has 3 unspecified atom stereocenters. The van der Waals surface area contributed by atoms with Crippen molar-refractivity contribution in [3.05, 3.63) is 48.0 Å². The number of halogens is 1. The Morgan fingerprint density at radius 1 is 1.38 bits per heavy atom. The number of carboxylic acid groups (broad SMARTS) is 1. The van der Waals surface area contributed by atoms with Crippen LogP contribution >= 0.6 is 11.6 Å². The lowest BCUT2D eigenvalue weighted by Crippen LogP contribution is -2.45. The molecule has 0 saturated heterocycles. The maximum absolute atomic E-state index is 12.3. The van der Waals surface area contributed by atoms with E-state index in [2.05, 4.69) is 31.2 Å². The second kappa shape index (κ2) is 7.13. The first-order chi connectivity index (χ1) is 10.2. The fourth-order valence-electron chi connectivity index (χ4n) is 3.77. The third-order valence-electron chi connectivity index (χ3n) is 4.79. The molecule has 0 radical (unpaired) electrons. The quantitative estimate of drug-likeness (QED) is 0.603. The van der Waals surface area contributed by atoms with Crippen LogP contribution in [0.15, 0.2) is 42.5 Å². The van der Waals surface area contributed by atoms with Gasteiger partial charge in [-0.05, 0) is 37.2 Å². The minimum atomic E-state index is -0.736. The minimum absolute atomic E-state index is 0.0226. The molecule has 0 bridgehead atoms. The van der Waals surface area contributed by atoms with Crippen molar-refractivity contribution in [2.24, 2.45) is 11.3 Å². The topological polar surface area (TPSA) is 37.3 Å². The van der Waals surface area contributed by atoms with Crippen LogP contribution in [0.25, 0.3) is 0 Å². The monoisotopic (exact) mass is 306 g/mol. The molecule has 0 aromatic heterocycles. The van der Waals surface area contributed by atoms with Crippen LogP contribution < -0.4 is 0 Å². The predicted molar refractivity (Wildman–Crippen MR) is 86.7 cm³/mol. The molecule has 2 rings (SSSR count). The maximum atomic E-state index is 12.3. The van der Waals surface area contributed by atoms with E-state index < -0.39 is 11.4 Å². The van der Waals surface area contributed by atoms with E-state index in [4.69, 9.17) is 11.6 Å². The average molecular weight is 307 g/mol. The summed E-state index contributed by atoms with van der Waals surface area (Å²) in [5, 5.41) is 10.1. The zero-order valence-electron chi connectivity index (χ0n) is 12.5. The Morgan fingerprint density at radius 3 is 2.67 bits per heavy atom. The number of alkyl halides is 1. The normalized spacial score (nSPS) is 28.5. The van der Waals surface area contributed by atoms with Gasteiger partial charge < -0.3 is 5.11 Å². The van der Waals surface area contributed by atoms with E-state index in [9.17, 15) is 9.90 Å². The van der Waals surface area contributed by atoms with Gasteiger partial charge in [0.2, 0.25) is 0 Å². The van der Waals surface area contributed by atoms with E-state index in [-0.39, 0.29) is 11.8 Å². The lowest BCUT2D eigenvalue weighted by atomic mass is 9.58. The van der Waals surface area contributed by atoms with Gasteiger partial charge in [0.1, 0.15) is 0 Å². The van der Waals surface area contributed by atoms with Crippen LogP contribution in [0, 0.1) is 11.3 Å². The molecule has 0 aliphatic heterocycles. The van der Waals surface area contributed by atoms with Crippen molar-refractivity contribution in [3.8, 4) is 0 Å². The molecule has 1 aromatic carbocycles. The van der Waals surface area contributed by atoms with Gasteiger partial charge in [-0.25, -0.2) is 0 Å². The summed E-state index contributed by atoms with van der Waals surface area (Å²) in [7, 11) is 0. The van der Waals surface area contributed by atoms with Crippen molar-refractivity contribution in [3.63, 3.8) is 0 Å². The summed E-state index contributed by atoms with van der Waals surface area (Å²) in [6.07, 6.45) is 7.24. The van der Waals surface area contributed by atoms with Gasteiger partial charge in [0.25, 0.3) is 0 Å². The number of rotatable bonds is 6. The van der Waals surface area contributed by atoms with Crippen LogP contribution in [0.3, 0.4) is 0 Å². The number of aliphatic carboxylic acids is 1. The van der Waals surface area contributed by atoms with Gasteiger partial charge in [0.15, 0.2) is 0 Å². The molecule has 2 nitrogen and oxygen atoms in total. The lowest BCUT2D eigenvalue weighted by Gasteiger charge is -2.44. The van der Waals surface area contributed by atoms with E-state index in [1.54, 1.807) is 0 Å². The van der Waals surface area contributed by atoms with Crippen molar-refractivity contribution in [1.29, 1.82) is 0 Å². The second-order valence-electron chi connectivity index (χ2n) is 5.78. The van der Waals surface area contributed by atoms with Crippen LogP contribution in [-0.2, 0) is 4.79 Å². The van der Waals surface area contributed by atoms with Crippen LogP contribution in [0.2, 0.25) is 0 Å². The Bertz CT molecular complexity index is 497. The highest BCUT2D eigenvalue weighted by molar-refractivity contribution is 6.17. The Kier molecular flexibility index (Phi) is 5.46. The van der Waals surface area contributed by atoms with E-state index in [1.807, 2.05) is 18.2 Å². The lowest BCUT2D eigenvalue weighted by molar-refractivity contribution is -0.154. The first kappa shape index (κ1) is 16.1. The van der Waals surface area contributed by atoms with Crippen molar-refractivity contribution in [1.82, 2.24) is 0 Å². The Morgan fingerprint density at radius 2 is 2.10 bits per heavy atom. The summed E-state index contributed by atoms with van der Waals surface area (Å²) >= 11 is 5.86. The number of benzene rings is 1. The zero-order valence-corrected chi connectivity index (χ0v) is 13.2. The number of carbonyl (C=O) groups is 1. The molecule has 3 heteroatoms. The van der Waals surface area contributed by atoms with Crippen LogP contribution in [0.5, 0.6) is 0 Å². The van der Waals surface area contributed by atoms with Crippen molar-refractivity contribution in [2.75, 3.05) is 5.88 Å². The molecule has 114 valence electrons. The van der Waals surface area contributed by atoms with Gasteiger partial charge in [0, 0.05) is 11.8 Å². The smallest absolute Gasteiger partial charge is 0.310 e. The third-order valence-corrected chi connectivity index (χ3v) is 5.05. The Balaban J connectivity index is 2.49. The fourth-order valence-corrected chi connectivity index (χ4v) is 3.91. The van der Waals surface area contributed by atoms with Gasteiger partial charge in [-0.2, -0.15) is 0 Å². The summed E-state index contributed by atoms with van der Waals surface area (Å²) in [6.45, 7) is 2.07. The van der Waals surface area contributed by atoms with Crippen LogP contribution in [-0.4, -0.2) is 17.0 Å². The molecule has 0 amide bonds. The number of hydrogen-bond acceptors (Lipinski definition) is 1. The molecular formula is C18H23ClO2. The SMILES string of the molecule is CCC1C=CCC(c2ccccc2)C1(CCCCl)C(=O)O. The first-order valence-corrected chi connectivity index (χ1v) is 8.21. The molecule has 3 atom stereocenters. The van der Waals surface area contributed by atoms with Gasteiger partial charge in [0.05, 0.1) is 5.41 Å². The summed E-state index contributed by atoms with van der Waals surface area (Å²) in [5.74, 6) is -0.0827. The zero-order chi connectivity index (χ0) is 15.3. The van der Waals surface area contributed by atoms with Crippen molar-refractivity contribution >= 4 is 17.6 Å². The molecule has 0 saturated carbocycles. The Hall–Kier alpha value is -1.28. The van der Waals surface area contributed by atoms with E-state index >= 15 is 0 Å². The highest BCUT2D eigenvalue weighted by atomic mass is 35.5. The standard InChI is InChI=1S/C18H23ClO2/c1-2-15-10-6-11-16(14-8-4-3-5-9-14)18(15,17(20)21)12-7-13-19/h3-6,8-10,15-16H,2,7,11-13H2,1H3,(H,20,21). The maximum Gasteiger partial charge on any atom is 0.310 e. The van der Waals surface area contributed by atoms with Gasteiger partial charge in [-0.1, -0.05) is 49.4 Å². The summed E-state index contributed by atoms with van der Waals surface area (Å²) in [6, 6.07) is 10.1. The molecule has 1 N–H and O–H groups in total. The Labute approximate surface area is 131 Å². The van der Waals surface area contributed by atoms with E-state index in [1.165, 1.54) is 0 Å². The highest BCUT2D eigenvalue weighted by Crippen LogP contribution is 2.52. The molecule has 21 heavy (non-hydrogen) atoms. The first-order valence-electron chi connectivity index (χ1n) is 7.67. The van der Waals surface area contributed by atoms with Crippen LogP contribution in [0.4, 0.5) is 0 Å². The molecule has 1 aliphatic rings. The second-order valence-corrected chi connectivity index (χ2v) is 6.16. The summed E-state index contributed by atoms with van der Waals surface area (Å²) in [5.41, 5.74) is 0.386. The van der Waals surface area contributed by atoms with Gasteiger partial charge >= 0.3 is 5.97 Å². The number of allylic oxidation sites excluding steroid dienone is 2. The number of carboxylic acids is 1. The van der Waals surface area contributed by atoms with Crippen molar-refractivity contribution in [2.45, 2.75) is 38.5 Å². The minimum Gasteiger partial charge on any atom is -0.481 e. The molecule has 1 aliphatic carbocycles.